The van der Waals surface area contributed by atoms with Crippen molar-refractivity contribution < 1.29 is 27.6 Å². The number of alkyl halides is 3. The molecule has 1 aromatic carbocycles. The third-order valence-corrected chi connectivity index (χ3v) is 6.04. The van der Waals surface area contributed by atoms with E-state index in [2.05, 4.69) is 10.6 Å². The Balaban J connectivity index is 1.53. The van der Waals surface area contributed by atoms with Crippen LogP contribution in [0.2, 0.25) is 0 Å². The number of amides is 4. The number of halogens is 3. The molecule has 0 bridgehead atoms. The fourth-order valence-electron chi connectivity index (χ4n) is 4.18. The molecule has 30 heavy (non-hydrogen) atoms. The van der Waals surface area contributed by atoms with E-state index in [1.54, 1.807) is 6.92 Å². The first kappa shape index (κ1) is 20.5. The third-order valence-electron chi connectivity index (χ3n) is 6.04. The van der Waals surface area contributed by atoms with Crippen LogP contribution in [0.5, 0.6) is 0 Å². The van der Waals surface area contributed by atoms with Crippen LogP contribution < -0.4 is 15.5 Å². The molecule has 10 heteroatoms. The number of nitrogens with zero attached hydrogens (tertiary/aromatic N) is 2. The van der Waals surface area contributed by atoms with Crippen molar-refractivity contribution in [3.63, 3.8) is 0 Å². The molecule has 4 rings (SSSR count). The van der Waals surface area contributed by atoms with Gasteiger partial charge in [0, 0.05) is 13.1 Å². The summed E-state index contributed by atoms with van der Waals surface area (Å²) in [6.07, 6.45) is -1.08. The molecule has 1 aromatic rings. The van der Waals surface area contributed by atoms with Crippen LogP contribution in [0.3, 0.4) is 0 Å². The van der Waals surface area contributed by atoms with E-state index < -0.39 is 41.7 Å². The zero-order chi connectivity index (χ0) is 21.7. The van der Waals surface area contributed by atoms with Gasteiger partial charge < -0.3 is 15.5 Å². The van der Waals surface area contributed by atoms with Crippen molar-refractivity contribution in [3.05, 3.63) is 23.8 Å². The van der Waals surface area contributed by atoms with Gasteiger partial charge in [0.1, 0.15) is 12.1 Å². The molecule has 2 saturated heterocycles. The van der Waals surface area contributed by atoms with Crippen LogP contribution in [-0.4, -0.2) is 47.9 Å². The highest BCUT2D eigenvalue weighted by molar-refractivity contribution is 6.10. The van der Waals surface area contributed by atoms with Crippen LogP contribution in [0.1, 0.15) is 38.2 Å². The van der Waals surface area contributed by atoms with Gasteiger partial charge in [-0.1, -0.05) is 0 Å². The van der Waals surface area contributed by atoms with Gasteiger partial charge in [0.05, 0.1) is 16.9 Å². The topological polar surface area (TPSA) is 81.8 Å². The maximum Gasteiger partial charge on any atom is 0.416 e. The fourth-order valence-corrected chi connectivity index (χ4v) is 4.18. The molecule has 1 aliphatic carbocycles. The highest BCUT2D eigenvalue weighted by Crippen LogP contribution is 2.42. The molecule has 0 spiro atoms. The minimum absolute atomic E-state index is 0.0220. The monoisotopic (exact) mass is 424 g/mol. The van der Waals surface area contributed by atoms with Crippen LogP contribution in [0.15, 0.2) is 18.2 Å². The number of carbonyl (C=O) groups is 3. The molecule has 1 atom stereocenters. The van der Waals surface area contributed by atoms with E-state index in [4.69, 9.17) is 0 Å². The normalized spacial score (nSPS) is 24.4. The molecule has 1 saturated carbocycles. The Morgan fingerprint density at radius 1 is 1.23 bits per heavy atom. The molecule has 7 nitrogen and oxygen atoms in total. The van der Waals surface area contributed by atoms with Crippen molar-refractivity contribution in [2.45, 2.75) is 44.3 Å². The first-order valence-electron chi connectivity index (χ1n) is 10.00. The maximum absolute atomic E-state index is 13.2. The maximum atomic E-state index is 13.2. The van der Waals surface area contributed by atoms with Gasteiger partial charge in [-0.15, -0.1) is 0 Å². The predicted octanol–water partition coefficient (Wildman–Crippen LogP) is 2.96. The third kappa shape index (κ3) is 3.70. The summed E-state index contributed by atoms with van der Waals surface area (Å²) in [4.78, 5) is 40.3. The summed E-state index contributed by atoms with van der Waals surface area (Å²) < 4.78 is 39.5. The Labute approximate surface area is 171 Å². The minimum atomic E-state index is -4.56. The summed E-state index contributed by atoms with van der Waals surface area (Å²) in [5.41, 5.74) is -1.38. The van der Waals surface area contributed by atoms with Crippen molar-refractivity contribution in [2.75, 3.05) is 29.9 Å². The van der Waals surface area contributed by atoms with E-state index in [9.17, 15) is 27.6 Å². The highest BCUT2D eigenvalue weighted by Gasteiger charge is 2.56. The summed E-state index contributed by atoms with van der Waals surface area (Å²) in [6.45, 7) is 2.45. The number of rotatable bonds is 5. The number of benzene rings is 1. The molecule has 3 fully saturated rings. The van der Waals surface area contributed by atoms with Gasteiger partial charge in [-0.05, 0) is 56.7 Å². The van der Waals surface area contributed by atoms with Gasteiger partial charge in [0.15, 0.2) is 0 Å². The number of imide groups is 1. The Morgan fingerprint density at radius 2 is 1.90 bits per heavy atom. The number of urea groups is 1. The zero-order valence-corrected chi connectivity index (χ0v) is 16.5. The van der Waals surface area contributed by atoms with Crippen molar-refractivity contribution in [1.29, 1.82) is 0 Å². The predicted molar refractivity (Wildman–Crippen MR) is 103 cm³/mol. The molecule has 2 aliphatic heterocycles. The van der Waals surface area contributed by atoms with E-state index >= 15 is 0 Å². The highest BCUT2D eigenvalue weighted by atomic mass is 19.4. The second kappa shape index (κ2) is 7.17. The summed E-state index contributed by atoms with van der Waals surface area (Å²) >= 11 is 0. The average molecular weight is 424 g/mol. The lowest BCUT2D eigenvalue weighted by atomic mass is 9.96. The fraction of sp³-hybridized carbons (Fsp3) is 0.550. The largest absolute Gasteiger partial charge is 0.416 e. The van der Waals surface area contributed by atoms with Crippen LogP contribution in [-0.2, 0) is 15.8 Å². The number of carbonyl (C=O) groups excluding carboxylic acids is 3. The second-order valence-electron chi connectivity index (χ2n) is 8.27. The van der Waals surface area contributed by atoms with E-state index in [0.717, 1.165) is 42.7 Å². The van der Waals surface area contributed by atoms with Gasteiger partial charge >= 0.3 is 12.2 Å². The molecule has 162 valence electrons. The lowest BCUT2D eigenvalue weighted by Crippen LogP contribution is -2.46. The summed E-state index contributed by atoms with van der Waals surface area (Å²) in [5, 5.41) is 5.13. The summed E-state index contributed by atoms with van der Waals surface area (Å²) in [6, 6.07) is 2.57. The molecular formula is C20H23F3N4O3. The van der Waals surface area contributed by atoms with Crippen molar-refractivity contribution in [2.24, 2.45) is 5.92 Å². The van der Waals surface area contributed by atoms with Gasteiger partial charge in [-0.2, -0.15) is 13.2 Å². The minimum Gasteiger partial charge on any atom is -0.370 e. The first-order valence-corrected chi connectivity index (χ1v) is 10.00. The van der Waals surface area contributed by atoms with Crippen molar-refractivity contribution in [1.82, 2.24) is 10.2 Å². The molecular weight excluding hydrogens is 401 g/mol. The molecule has 0 aromatic heterocycles. The summed E-state index contributed by atoms with van der Waals surface area (Å²) in [7, 11) is 0. The quantitative estimate of drug-likeness (QED) is 0.713. The molecule has 2 N–H and O–H groups in total. The Bertz CT molecular complexity index is 894. The van der Waals surface area contributed by atoms with Crippen LogP contribution in [0.4, 0.5) is 29.3 Å². The standard InChI is InChI=1S/C20H23F3N4O3/c1-19(12-4-5-12)17(29)27(18(30)25-19)11-16(28)24-14-10-13(20(21,22)23)6-7-15(14)26-8-2-3-9-26/h6-7,10,12H,2-5,8-9,11H2,1H3,(H,24,28)(H,25,30)/t19-/m1/s1. The first-order chi connectivity index (χ1) is 14.1. The number of hydrogen-bond acceptors (Lipinski definition) is 4. The van der Waals surface area contributed by atoms with Crippen LogP contribution in [0, 0.1) is 5.92 Å². The molecule has 2 heterocycles. The van der Waals surface area contributed by atoms with Crippen molar-refractivity contribution >= 4 is 29.2 Å². The second-order valence-corrected chi connectivity index (χ2v) is 8.27. The molecule has 4 amide bonds. The lowest BCUT2D eigenvalue weighted by Gasteiger charge is -2.23. The Hall–Kier alpha value is -2.78. The number of hydrogen-bond donors (Lipinski definition) is 2. The molecule has 0 unspecified atom stereocenters. The number of nitrogens with one attached hydrogen (secondary N) is 2. The Kier molecular flexibility index (Phi) is 4.90. The molecule has 3 aliphatic rings. The van der Waals surface area contributed by atoms with E-state index in [1.807, 2.05) is 4.90 Å². The van der Waals surface area contributed by atoms with Gasteiger partial charge in [-0.25, -0.2) is 4.79 Å². The molecule has 0 radical (unpaired) electrons. The summed E-state index contributed by atoms with van der Waals surface area (Å²) in [5.74, 6) is -1.15. The smallest absolute Gasteiger partial charge is 0.370 e. The lowest BCUT2D eigenvalue weighted by molar-refractivity contribution is -0.137. The van der Waals surface area contributed by atoms with Gasteiger partial charge in [-0.3, -0.25) is 14.5 Å². The van der Waals surface area contributed by atoms with E-state index in [1.165, 1.54) is 6.07 Å². The van der Waals surface area contributed by atoms with Crippen LogP contribution in [0.25, 0.3) is 0 Å². The van der Waals surface area contributed by atoms with Crippen molar-refractivity contribution in [3.8, 4) is 0 Å². The number of anilines is 2. The average Bonchev–Trinajstić information content (AvgIpc) is 3.35. The van der Waals surface area contributed by atoms with Gasteiger partial charge in [0.25, 0.3) is 5.91 Å². The SMILES string of the molecule is C[C@]1(C2CC2)NC(=O)N(CC(=O)Nc2cc(C(F)(F)F)ccc2N2CCCC2)C1=O. The Morgan fingerprint density at radius 3 is 2.50 bits per heavy atom. The zero-order valence-electron chi connectivity index (χ0n) is 16.5. The van der Waals surface area contributed by atoms with Crippen LogP contribution >= 0.6 is 0 Å². The van der Waals surface area contributed by atoms with E-state index in [-0.39, 0.29) is 11.6 Å². The van der Waals surface area contributed by atoms with E-state index in [0.29, 0.717) is 18.8 Å². The van der Waals surface area contributed by atoms with Gasteiger partial charge in [0.2, 0.25) is 5.91 Å².